The molecule has 1 atom stereocenters. The van der Waals surface area contributed by atoms with Gasteiger partial charge in [0.05, 0.1) is 39.9 Å². The Balaban J connectivity index is 1.62. The summed E-state index contributed by atoms with van der Waals surface area (Å²) in [5.74, 6) is -0.578. The summed E-state index contributed by atoms with van der Waals surface area (Å²) < 4.78 is 39.4. The molecule has 3 heterocycles. The lowest BCUT2D eigenvalue weighted by molar-refractivity contribution is 0.0952. The fourth-order valence-electron chi connectivity index (χ4n) is 4.36. The molecule has 2 aromatic carbocycles. The van der Waals surface area contributed by atoms with Crippen LogP contribution in [0, 0.1) is 12.7 Å². The first-order valence-corrected chi connectivity index (χ1v) is 12.8. The van der Waals surface area contributed by atoms with E-state index >= 15 is 0 Å². The van der Waals surface area contributed by atoms with E-state index in [1.54, 1.807) is 29.8 Å². The van der Waals surface area contributed by atoms with Crippen LogP contribution in [-0.4, -0.2) is 40.6 Å². The average Bonchev–Trinajstić information content (AvgIpc) is 3.36. The van der Waals surface area contributed by atoms with Crippen molar-refractivity contribution in [1.82, 2.24) is 20.1 Å². The highest BCUT2D eigenvalue weighted by atomic mass is 32.2. The summed E-state index contributed by atoms with van der Waals surface area (Å²) in [6, 6.07) is 16.8. The summed E-state index contributed by atoms with van der Waals surface area (Å²) in [5.41, 5.74) is 3.53. The molecule has 1 N–H and O–H groups in total. The maximum atomic E-state index is 13.5. The Morgan fingerprint density at radius 1 is 1.15 bits per heavy atom. The van der Waals surface area contributed by atoms with Crippen LogP contribution in [0.5, 0.6) is 0 Å². The van der Waals surface area contributed by atoms with Crippen molar-refractivity contribution in [3.8, 4) is 11.3 Å². The van der Waals surface area contributed by atoms with Gasteiger partial charge in [0, 0.05) is 12.1 Å². The molecule has 0 bridgehead atoms. The van der Waals surface area contributed by atoms with E-state index in [1.165, 1.54) is 12.1 Å². The Morgan fingerprint density at radius 3 is 2.56 bits per heavy atom. The summed E-state index contributed by atoms with van der Waals surface area (Å²) in [7, 11) is -3.15. The Labute approximate surface area is 196 Å². The number of nitrogens with zero attached hydrogens (tertiary/aromatic N) is 3. The van der Waals surface area contributed by atoms with Crippen molar-refractivity contribution < 1.29 is 17.6 Å². The summed E-state index contributed by atoms with van der Waals surface area (Å²) >= 11 is 0. The Kier molecular flexibility index (Phi) is 5.65. The van der Waals surface area contributed by atoms with Crippen LogP contribution in [0.15, 0.2) is 60.7 Å². The number of fused-ring (bicyclic) bond motifs is 1. The summed E-state index contributed by atoms with van der Waals surface area (Å²) in [4.78, 5) is 18.1. The van der Waals surface area contributed by atoms with Gasteiger partial charge in [-0.2, -0.15) is 5.10 Å². The zero-order chi connectivity index (χ0) is 23.9. The number of benzene rings is 2. The molecule has 1 amide bonds. The average molecular weight is 479 g/mol. The van der Waals surface area contributed by atoms with Crippen LogP contribution >= 0.6 is 0 Å². The number of aromatic nitrogens is 3. The highest BCUT2D eigenvalue weighted by Crippen LogP contribution is 2.32. The van der Waals surface area contributed by atoms with Crippen LogP contribution in [0.3, 0.4) is 0 Å². The number of pyridine rings is 1. The standard InChI is InChI=1S/C25H23FN4O3S/c1-16-23-21(25(31)27-14-17-5-3-2-4-6-17)13-22(18-7-9-19(26)10-8-18)28-24(23)30(29-16)20-11-12-34(32,33)15-20/h2-10,13,20H,11-12,14-15H2,1H3,(H,27,31). The molecule has 1 fully saturated rings. The van der Waals surface area contributed by atoms with Crippen molar-refractivity contribution in [3.05, 3.63) is 83.3 Å². The Hall–Kier alpha value is -3.59. The monoisotopic (exact) mass is 478 g/mol. The summed E-state index contributed by atoms with van der Waals surface area (Å²) in [6.45, 7) is 2.14. The van der Waals surface area contributed by atoms with Crippen LogP contribution in [0.4, 0.5) is 4.39 Å². The van der Waals surface area contributed by atoms with E-state index in [4.69, 9.17) is 4.98 Å². The topological polar surface area (TPSA) is 93.9 Å². The van der Waals surface area contributed by atoms with Gasteiger partial charge in [-0.15, -0.1) is 0 Å². The van der Waals surface area contributed by atoms with E-state index in [2.05, 4.69) is 10.4 Å². The zero-order valence-electron chi connectivity index (χ0n) is 18.5. The second-order valence-corrected chi connectivity index (χ2v) is 10.7. The molecule has 0 radical (unpaired) electrons. The molecule has 0 spiro atoms. The van der Waals surface area contributed by atoms with Gasteiger partial charge in [0.25, 0.3) is 5.91 Å². The lowest BCUT2D eigenvalue weighted by atomic mass is 10.0. The highest BCUT2D eigenvalue weighted by Gasteiger charge is 2.32. The van der Waals surface area contributed by atoms with Crippen LogP contribution < -0.4 is 5.32 Å². The predicted octanol–water partition coefficient (Wildman–Crippen LogP) is 3.84. The van der Waals surface area contributed by atoms with Crippen LogP contribution in [-0.2, 0) is 16.4 Å². The first-order chi connectivity index (χ1) is 16.3. The maximum Gasteiger partial charge on any atom is 0.252 e. The summed E-state index contributed by atoms with van der Waals surface area (Å²) in [5, 5.41) is 8.14. The molecule has 1 saturated heterocycles. The van der Waals surface area contributed by atoms with Crippen molar-refractivity contribution in [2.45, 2.75) is 25.9 Å². The second-order valence-electron chi connectivity index (χ2n) is 8.52. The molecule has 1 aliphatic heterocycles. The predicted molar refractivity (Wildman–Crippen MR) is 128 cm³/mol. The van der Waals surface area contributed by atoms with E-state index in [0.29, 0.717) is 46.5 Å². The van der Waals surface area contributed by atoms with Crippen LogP contribution in [0.1, 0.15) is 34.1 Å². The molecular formula is C25H23FN4O3S. The number of carbonyl (C=O) groups is 1. The number of carbonyl (C=O) groups excluding carboxylic acids is 1. The number of hydrogen-bond acceptors (Lipinski definition) is 5. The van der Waals surface area contributed by atoms with Crippen LogP contribution in [0.2, 0.25) is 0 Å². The number of sulfone groups is 1. The quantitative estimate of drug-likeness (QED) is 0.471. The Bertz CT molecular complexity index is 1480. The highest BCUT2D eigenvalue weighted by molar-refractivity contribution is 7.91. The van der Waals surface area contributed by atoms with Crippen molar-refractivity contribution in [1.29, 1.82) is 0 Å². The number of aryl methyl sites for hydroxylation is 1. The maximum absolute atomic E-state index is 13.5. The van der Waals surface area contributed by atoms with Crippen molar-refractivity contribution in [2.75, 3.05) is 11.5 Å². The molecule has 9 heteroatoms. The van der Waals surface area contributed by atoms with Gasteiger partial charge in [-0.3, -0.25) is 4.79 Å². The number of rotatable bonds is 5. The molecule has 2 aromatic heterocycles. The third-order valence-corrected chi connectivity index (χ3v) is 7.82. The fraction of sp³-hybridized carbons (Fsp3) is 0.240. The number of hydrogen-bond donors (Lipinski definition) is 1. The van der Waals surface area contributed by atoms with E-state index in [-0.39, 0.29) is 29.3 Å². The summed E-state index contributed by atoms with van der Waals surface area (Å²) in [6.07, 6.45) is 0.441. The third kappa shape index (κ3) is 4.31. The molecular weight excluding hydrogens is 455 g/mol. The lowest BCUT2D eigenvalue weighted by Crippen LogP contribution is -2.23. The third-order valence-electron chi connectivity index (χ3n) is 6.07. The molecule has 0 aliphatic carbocycles. The van der Waals surface area contributed by atoms with E-state index < -0.39 is 9.84 Å². The minimum Gasteiger partial charge on any atom is -0.348 e. The first-order valence-electron chi connectivity index (χ1n) is 11.0. The first kappa shape index (κ1) is 22.2. The molecule has 34 heavy (non-hydrogen) atoms. The van der Waals surface area contributed by atoms with Crippen molar-refractivity contribution in [2.24, 2.45) is 0 Å². The minimum absolute atomic E-state index is 0.0127. The van der Waals surface area contributed by atoms with Gasteiger partial charge >= 0.3 is 0 Å². The number of halogens is 1. The molecule has 7 nitrogen and oxygen atoms in total. The number of amides is 1. The smallest absolute Gasteiger partial charge is 0.252 e. The molecule has 4 aromatic rings. The minimum atomic E-state index is -3.15. The van der Waals surface area contributed by atoms with Gasteiger partial charge in [-0.05, 0) is 49.2 Å². The van der Waals surface area contributed by atoms with E-state index in [0.717, 1.165) is 5.56 Å². The molecule has 174 valence electrons. The Morgan fingerprint density at radius 2 is 1.88 bits per heavy atom. The number of nitrogens with one attached hydrogen (secondary N) is 1. The van der Waals surface area contributed by atoms with Gasteiger partial charge in [0.15, 0.2) is 15.5 Å². The largest absolute Gasteiger partial charge is 0.348 e. The van der Waals surface area contributed by atoms with Gasteiger partial charge < -0.3 is 5.32 Å². The van der Waals surface area contributed by atoms with Crippen molar-refractivity contribution in [3.63, 3.8) is 0 Å². The normalized spacial score (nSPS) is 17.2. The van der Waals surface area contributed by atoms with Gasteiger partial charge in [-0.25, -0.2) is 22.5 Å². The van der Waals surface area contributed by atoms with Gasteiger partial charge in [0.2, 0.25) is 0 Å². The molecule has 1 aliphatic rings. The second kappa shape index (κ2) is 8.64. The van der Waals surface area contributed by atoms with E-state index in [1.807, 2.05) is 30.3 Å². The molecule has 1 unspecified atom stereocenters. The van der Waals surface area contributed by atoms with Crippen molar-refractivity contribution >= 4 is 26.8 Å². The van der Waals surface area contributed by atoms with Crippen LogP contribution in [0.25, 0.3) is 22.3 Å². The SMILES string of the molecule is Cc1nn(C2CCS(=O)(=O)C2)c2nc(-c3ccc(F)cc3)cc(C(=O)NCc3ccccc3)c12. The molecule has 5 rings (SSSR count). The van der Waals surface area contributed by atoms with E-state index in [9.17, 15) is 17.6 Å². The fourth-order valence-corrected chi connectivity index (χ4v) is 6.05. The molecule has 0 saturated carbocycles. The van der Waals surface area contributed by atoms with Gasteiger partial charge in [0.1, 0.15) is 5.82 Å². The zero-order valence-corrected chi connectivity index (χ0v) is 19.3. The van der Waals surface area contributed by atoms with Gasteiger partial charge in [-0.1, -0.05) is 30.3 Å². The lowest BCUT2D eigenvalue weighted by Gasteiger charge is -2.12.